The predicted octanol–water partition coefficient (Wildman–Crippen LogP) is 4.08. The number of nitrogens with zero attached hydrogens (tertiary/aromatic N) is 1. The van der Waals surface area contributed by atoms with Crippen LogP contribution in [0.5, 0.6) is 23.0 Å². The lowest BCUT2D eigenvalue weighted by molar-refractivity contribution is 0.321. The van der Waals surface area contributed by atoms with Crippen molar-refractivity contribution >= 4 is 29.9 Å². The van der Waals surface area contributed by atoms with Crippen molar-refractivity contribution in [1.82, 2.24) is 10.6 Å². The summed E-state index contributed by atoms with van der Waals surface area (Å²) in [6.07, 6.45) is 0. The van der Waals surface area contributed by atoms with E-state index >= 15 is 0 Å². The minimum atomic E-state index is 0. The van der Waals surface area contributed by atoms with E-state index in [0.29, 0.717) is 36.9 Å². The molecule has 0 aliphatic heterocycles. The van der Waals surface area contributed by atoms with Crippen LogP contribution in [0, 0.1) is 13.8 Å². The number of methoxy groups -OCH3 is 3. The normalized spacial score (nSPS) is 10.7. The summed E-state index contributed by atoms with van der Waals surface area (Å²) in [5.74, 6) is 3.40. The van der Waals surface area contributed by atoms with Gasteiger partial charge in [0, 0.05) is 6.54 Å². The Hall–Kier alpha value is -2.36. The molecule has 0 amide bonds. The maximum Gasteiger partial charge on any atom is 0.203 e. The Labute approximate surface area is 202 Å². The van der Waals surface area contributed by atoms with Crippen LogP contribution in [0.15, 0.2) is 35.3 Å². The minimum Gasteiger partial charge on any atom is -0.493 e. The zero-order valence-corrected chi connectivity index (χ0v) is 21.5. The average Bonchev–Trinajstić information content (AvgIpc) is 2.73. The van der Waals surface area contributed by atoms with Crippen LogP contribution in [0.25, 0.3) is 0 Å². The molecule has 0 unspecified atom stereocenters. The molecule has 0 aliphatic carbocycles. The van der Waals surface area contributed by atoms with E-state index < -0.39 is 0 Å². The minimum absolute atomic E-state index is 0. The summed E-state index contributed by atoms with van der Waals surface area (Å²) in [5, 5.41) is 6.54. The van der Waals surface area contributed by atoms with E-state index in [9.17, 15) is 0 Å². The third-order valence-electron chi connectivity index (χ3n) is 4.35. The standard InChI is InChI=1S/C23H33N3O4.HI/c1-7-24-23(25-8-9-30-19-11-16(2)10-17(3)12-19)26-15-18-13-20(27-4)22(29-6)21(14-18)28-5;/h10-14H,7-9,15H2,1-6H3,(H2,24,25,26);1H. The van der Waals surface area contributed by atoms with E-state index in [-0.39, 0.29) is 24.0 Å². The van der Waals surface area contributed by atoms with Crippen LogP contribution >= 0.6 is 24.0 Å². The lowest BCUT2D eigenvalue weighted by Gasteiger charge is -2.15. The van der Waals surface area contributed by atoms with Gasteiger partial charge in [0.25, 0.3) is 0 Å². The molecule has 31 heavy (non-hydrogen) atoms. The van der Waals surface area contributed by atoms with E-state index in [0.717, 1.165) is 23.8 Å². The monoisotopic (exact) mass is 543 g/mol. The summed E-state index contributed by atoms with van der Waals surface area (Å²) in [6, 6.07) is 10.0. The number of ether oxygens (including phenoxy) is 4. The third kappa shape index (κ3) is 8.35. The second kappa shape index (κ2) is 13.8. The topological polar surface area (TPSA) is 73.3 Å². The molecule has 7 nitrogen and oxygen atoms in total. The average molecular weight is 543 g/mol. The molecule has 8 heteroatoms. The number of aryl methyl sites for hydroxylation is 2. The van der Waals surface area contributed by atoms with Crippen LogP contribution in [0.1, 0.15) is 23.6 Å². The van der Waals surface area contributed by atoms with Gasteiger partial charge >= 0.3 is 0 Å². The number of rotatable bonds is 10. The zero-order chi connectivity index (χ0) is 21.9. The van der Waals surface area contributed by atoms with E-state index in [1.54, 1.807) is 21.3 Å². The first-order valence-corrected chi connectivity index (χ1v) is 10.0. The summed E-state index contributed by atoms with van der Waals surface area (Å²) in [5.41, 5.74) is 3.34. The van der Waals surface area contributed by atoms with Gasteiger partial charge < -0.3 is 29.6 Å². The van der Waals surface area contributed by atoms with Crippen molar-refractivity contribution in [3.8, 4) is 23.0 Å². The third-order valence-corrected chi connectivity index (χ3v) is 4.35. The van der Waals surface area contributed by atoms with Crippen LogP contribution in [-0.4, -0.2) is 47.0 Å². The largest absolute Gasteiger partial charge is 0.493 e. The maximum atomic E-state index is 5.85. The molecule has 2 aromatic carbocycles. The summed E-state index contributed by atoms with van der Waals surface area (Å²) in [7, 11) is 4.79. The summed E-state index contributed by atoms with van der Waals surface area (Å²) < 4.78 is 22.0. The second-order valence-electron chi connectivity index (χ2n) is 6.83. The van der Waals surface area contributed by atoms with Crippen LogP contribution in [-0.2, 0) is 6.54 Å². The number of halogens is 1. The van der Waals surface area contributed by atoms with E-state index in [2.05, 4.69) is 35.5 Å². The highest BCUT2D eigenvalue weighted by Crippen LogP contribution is 2.38. The number of nitrogens with one attached hydrogen (secondary N) is 2. The van der Waals surface area contributed by atoms with Crippen LogP contribution in [0.4, 0.5) is 0 Å². The molecule has 0 bridgehead atoms. The lowest BCUT2D eigenvalue weighted by Crippen LogP contribution is -2.39. The molecule has 172 valence electrons. The van der Waals surface area contributed by atoms with Gasteiger partial charge in [-0.25, -0.2) is 4.99 Å². The summed E-state index contributed by atoms with van der Waals surface area (Å²) in [4.78, 5) is 4.65. The van der Waals surface area contributed by atoms with Gasteiger partial charge in [-0.3, -0.25) is 0 Å². The summed E-state index contributed by atoms with van der Waals surface area (Å²) >= 11 is 0. The molecule has 2 N–H and O–H groups in total. The molecule has 0 radical (unpaired) electrons. The second-order valence-corrected chi connectivity index (χ2v) is 6.83. The van der Waals surface area contributed by atoms with Gasteiger partial charge in [0.05, 0.1) is 34.4 Å². The Bertz CT molecular complexity index is 813. The van der Waals surface area contributed by atoms with Crippen molar-refractivity contribution in [2.75, 3.05) is 41.0 Å². The van der Waals surface area contributed by atoms with Gasteiger partial charge in [-0.1, -0.05) is 6.07 Å². The molecule has 0 aliphatic rings. The summed E-state index contributed by atoms with van der Waals surface area (Å²) in [6.45, 7) is 8.56. The highest BCUT2D eigenvalue weighted by molar-refractivity contribution is 14.0. The SMILES string of the molecule is CCNC(=NCc1cc(OC)c(OC)c(OC)c1)NCCOc1cc(C)cc(C)c1.I. The highest BCUT2D eigenvalue weighted by atomic mass is 127. The number of aliphatic imine (C=N–C) groups is 1. The van der Waals surface area contributed by atoms with Gasteiger partial charge in [0.2, 0.25) is 5.75 Å². The maximum absolute atomic E-state index is 5.85. The zero-order valence-electron chi connectivity index (χ0n) is 19.2. The van der Waals surface area contributed by atoms with Crippen molar-refractivity contribution in [1.29, 1.82) is 0 Å². The van der Waals surface area contributed by atoms with Crippen molar-refractivity contribution < 1.29 is 18.9 Å². The fraction of sp³-hybridized carbons (Fsp3) is 0.435. The number of benzene rings is 2. The smallest absolute Gasteiger partial charge is 0.203 e. The van der Waals surface area contributed by atoms with Crippen molar-refractivity contribution in [3.63, 3.8) is 0 Å². The number of guanidine groups is 1. The fourth-order valence-corrected chi connectivity index (χ4v) is 3.09. The first-order valence-electron chi connectivity index (χ1n) is 10.0. The molecule has 2 rings (SSSR count). The Balaban J connectivity index is 0.00000480. The molecule has 0 aromatic heterocycles. The van der Waals surface area contributed by atoms with Gasteiger partial charge in [0.1, 0.15) is 12.4 Å². The van der Waals surface area contributed by atoms with E-state index in [1.807, 2.05) is 31.2 Å². The molecule has 0 fully saturated rings. The lowest BCUT2D eigenvalue weighted by atomic mass is 10.1. The first-order chi connectivity index (χ1) is 14.5. The number of hydrogen-bond acceptors (Lipinski definition) is 5. The molecule has 0 saturated heterocycles. The molecule has 2 aromatic rings. The molecule has 0 spiro atoms. The molecular weight excluding hydrogens is 509 g/mol. The van der Waals surface area contributed by atoms with Crippen molar-refractivity contribution in [2.45, 2.75) is 27.3 Å². The number of hydrogen-bond donors (Lipinski definition) is 2. The molecule has 0 heterocycles. The van der Waals surface area contributed by atoms with Crippen molar-refractivity contribution in [3.05, 3.63) is 47.0 Å². The highest BCUT2D eigenvalue weighted by Gasteiger charge is 2.13. The molecular formula is C23H34IN3O4. The van der Waals surface area contributed by atoms with Gasteiger partial charge in [0.15, 0.2) is 17.5 Å². The van der Waals surface area contributed by atoms with E-state index in [4.69, 9.17) is 18.9 Å². The van der Waals surface area contributed by atoms with Crippen LogP contribution < -0.4 is 29.6 Å². The first kappa shape index (κ1) is 26.7. The Morgan fingerprint density at radius 2 is 1.48 bits per heavy atom. The van der Waals surface area contributed by atoms with Gasteiger partial charge in [-0.05, 0) is 61.7 Å². The van der Waals surface area contributed by atoms with Crippen molar-refractivity contribution in [2.24, 2.45) is 4.99 Å². The Morgan fingerprint density at radius 3 is 2.00 bits per heavy atom. The fourth-order valence-electron chi connectivity index (χ4n) is 3.09. The van der Waals surface area contributed by atoms with E-state index in [1.165, 1.54) is 11.1 Å². The van der Waals surface area contributed by atoms with Crippen LogP contribution in [0.3, 0.4) is 0 Å². The van der Waals surface area contributed by atoms with Crippen LogP contribution in [0.2, 0.25) is 0 Å². The molecule has 0 saturated carbocycles. The predicted molar refractivity (Wildman–Crippen MR) is 136 cm³/mol. The quantitative estimate of drug-likeness (QED) is 0.204. The van der Waals surface area contributed by atoms with Gasteiger partial charge in [-0.2, -0.15) is 0 Å². The Kier molecular flexibility index (Phi) is 11.9. The van der Waals surface area contributed by atoms with Gasteiger partial charge in [-0.15, -0.1) is 24.0 Å². The molecule has 0 atom stereocenters. The Morgan fingerprint density at radius 1 is 0.871 bits per heavy atom.